The van der Waals surface area contributed by atoms with E-state index in [-0.39, 0.29) is 0 Å². The maximum absolute atomic E-state index is 5.93. The lowest BCUT2D eigenvalue weighted by atomic mass is 10.1. The zero-order chi connectivity index (χ0) is 12.3. The Hall–Kier alpha value is -1.52. The number of ether oxygens (including phenoxy) is 1. The molecule has 0 aliphatic heterocycles. The van der Waals surface area contributed by atoms with Crippen LogP contribution in [0, 0.1) is 5.92 Å². The van der Waals surface area contributed by atoms with Gasteiger partial charge in [0.25, 0.3) is 0 Å². The Kier molecular flexibility index (Phi) is 3.66. The monoisotopic (exact) mass is 236 g/mol. The molecule has 1 unspecified atom stereocenters. The summed E-state index contributed by atoms with van der Waals surface area (Å²) in [6.07, 6.45) is 6.47. The van der Waals surface area contributed by atoms with Gasteiger partial charge in [-0.3, -0.25) is 0 Å². The standard InChI is InChI=1S/C12H20N4O/c1-3-9(6-8-4-5-8)16-11-10(13)12(17-2)15-7-14-11/h7-9H,3-6,13H2,1-2H3,(H,14,15,16). The quantitative estimate of drug-likeness (QED) is 0.791. The molecule has 17 heavy (non-hydrogen) atoms. The third-order valence-electron chi connectivity index (χ3n) is 3.19. The first-order valence-electron chi connectivity index (χ1n) is 6.15. The largest absolute Gasteiger partial charge is 0.479 e. The number of aromatic nitrogens is 2. The van der Waals surface area contributed by atoms with E-state index in [9.17, 15) is 0 Å². The number of nitrogens with zero attached hydrogens (tertiary/aromatic N) is 2. The molecule has 1 saturated carbocycles. The number of rotatable bonds is 6. The highest BCUT2D eigenvalue weighted by atomic mass is 16.5. The minimum absolute atomic E-state index is 0.434. The number of nitrogens with one attached hydrogen (secondary N) is 1. The van der Waals surface area contributed by atoms with Crippen LogP contribution in [0.1, 0.15) is 32.6 Å². The van der Waals surface area contributed by atoms with Gasteiger partial charge in [0.1, 0.15) is 12.0 Å². The maximum Gasteiger partial charge on any atom is 0.242 e. The highest BCUT2D eigenvalue weighted by Gasteiger charge is 2.25. The second kappa shape index (κ2) is 5.21. The van der Waals surface area contributed by atoms with Crippen LogP contribution < -0.4 is 15.8 Å². The molecule has 1 aliphatic carbocycles. The molecule has 0 saturated heterocycles. The fourth-order valence-electron chi connectivity index (χ4n) is 1.93. The van der Waals surface area contributed by atoms with E-state index in [0.29, 0.717) is 23.4 Å². The molecule has 0 bridgehead atoms. The molecule has 1 atom stereocenters. The molecular formula is C12H20N4O. The molecule has 5 heteroatoms. The van der Waals surface area contributed by atoms with Crippen molar-refractivity contribution in [3.8, 4) is 5.88 Å². The SMILES string of the molecule is CCC(CC1CC1)Nc1ncnc(OC)c1N. The molecule has 1 aromatic heterocycles. The Morgan fingerprint density at radius 3 is 2.88 bits per heavy atom. The molecular weight excluding hydrogens is 216 g/mol. The van der Waals surface area contributed by atoms with Gasteiger partial charge in [0.05, 0.1) is 7.11 Å². The third kappa shape index (κ3) is 2.99. The first-order chi connectivity index (χ1) is 8.24. The maximum atomic E-state index is 5.93. The Balaban J connectivity index is 2.04. The van der Waals surface area contributed by atoms with Gasteiger partial charge < -0.3 is 15.8 Å². The van der Waals surface area contributed by atoms with Crippen LogP contribution in [0.3, 0.4) is 0 Å². The Labute approximate surface area is 102 Å². The average Bonchev–Trinajstić information content (AvgIpc) is 3.14. The van der Waals surface area contributed by atoms with Crippen molar-refractivity contribution in [2.24, 2.45) is 5.92 Å². The minimum Gasteiger partial charge on any atom is -0.479 e. The summed E-state index contributed by atoms with van der Waals surface area (Å²) in [5, 5.41) is 3.39. The van der Waals surface area contributed by atoms with Crippen molar-refractivity contribution in [1.29, 1.82) is 0 Å². The summed E-state index contributed by atoms with van der Waals surface area (Å²) in [7, 11) is 1.56. The van der Waals surface area contributed by atoms with Gasteiger partial charge in [-0.05, 0) is 18.8 Å². The summed E-state index contributed by atoms with van der Waals surface area (Å²) in [4.78, 5) is 8.14. The summed E-state index contributed by atoms with van der Waals surface area (Å²) in [6.45, 7) is 2.18. The molecule has 0 radical (unpaired) electrons. The van der Waals surface area contributed by atoms with Gasteiger partial charge in [0.15, 0.2) is 5.82 Å². The van der Waals surface area contributed by atoms with Crippen molar-refractivity contribution in [1.82, 2.24) is 9.97 Å². The number of hydrogen-bond acceptors (Lipinski definition) is 5. The molecule has 5 nitrogen and oxygen atoms in total. The first kappa shape index (κ1) is 12.0. The van der Waals surface area contributed by atoms with E-state index in [1.165, 1.54) is 25.6 Å². The molecule has 2 rings (SSSR count). The van der Waals surface area contributed by atoms with Gasteiger partial charge in [-0.15, -0.1) is 0 Å². The summed E-state index contributed by atoms with van der Waals surface area (Å²) in [5.74, 6) is 2.01. The van der Waals surface area contributed by atoms with Gasteiger partial charge in [-0.2, -0.15) is 4.98 Å². The number of nitrogen functional groups attached to an aromatic ring is 1. The number of nitrogens with two attached hydrogens (primary N) is 1. The fraction of sp³-hybridized carbons (Fsp3) is 0.667. The lowest BCUT2D eigenvalue weighted by molar-refractivity contribution is 0.399. The predicted octanol–water partition coefficient (Wildman–Crippen LogP) is 2.06. The van der Waals surface area contributed by atoms with E-state index in [0.717, 1.165) is 12.3 Å². The van der Waals surface area contributed by atoms with E-state index < -0.39 is 0 Å². The van der Waals surface area contributed by atoms with Crippen LogP contribution in [0.25, 0.3) is 0 Å². The first-order valence-corrected chi connectivity index (χ1v) is 6.15. The average molecular weight is 236 g/mol. The Morgan fingerprint density at radius 2 is 2.29 bits per heavy atom. The summed E-state index contributed by atoms with van der Waals surface area (Å²) >= 11 is 0. The van der Waals surface area contributed by atoms with E-state index in [1.54, 1.807) is 7.11 Å². The smallest absolute Gasteiger partial charge is 0.242 e. The van der Waals surface area contributed by atoms with Crippen LogP contribution in [0.5, 0.6) is 5.88 Å². The van der Waals surface area contributed by atoms with E-state index >= 15 is 0 Å². The van der Waals surface area contributed by atoms with Crippen LogP contribution in [-0.4, -0.2) is 23.1 Å². The highest BCUT2D eigenvalue weighted by molar-refractivity contribution is 5.66. The highest BCUT2D eigenvalue weighted by Crippen LogP contribution is 2.35. The zero-order valence-corrected chi connectivity index (χ0v) is 10.4. The lowest BCUT2D eigenvalue weighted by Gasteiger charge is -2.18. The topological polar surface area (TPSA) is 73.1 Å². The van der Waals surface area contributed by atoms with Gasteiger partial charge in [-0.1, -0.05) is 19.8 Å². The van der Waals surface area contributed by atoms with Crippen molar-refractivity contribution >= 4 is 11.5 Å². The number of methoxy groups -OCH3 is 1. The van der Waals surface area contributed by atoms with Crippen LogP contribution in [0.4, 0.5) is 11.5 Å². The van der Waals surface area contributed by atoms with Crippen molar-refractivity contribution in [3.05, 3.63) is 6.33 Å². The molecule has 1 aliphatic rings. The van der Waals surface area contributed by atoms with E-state index in [4.69, 9.17) is 10.5 Å². The van der Waals surface area contributed by atoms with E-state index in [2.05, 4.69) is 22.2 Å². The lowest BCUT2D eigenvalue weighted by Crippen LogP contribution is -2.21. The minimum atomic E-state index is 0.434. The molecule has 3 N–H and O–H groups in total. The zero-order valence-electron chi connectivity index (χ0n) is 10.4. The molecule has 0 aromatic carbocycles. The van der Waals surface area contributed by atoms with Crippen molar-refractivity contribution in [3.63, 3.8) is 0 Å². The number of anilines is 2. The Morgan fingerprint density at radius 1 is 1.53 bits per heavy atom. The van der Waals surface area contributed by atoms with Gasteiger partial charge in [0.2, 0.25) is 5.88 Å². The Bertz CT molecular complexity index is 379. The number of hydrogen-bond donors (Lipinski definition) is 2. The normalized spacial score (nSPS) is 16.6. The molecule has 1 heterocycles. The van der Waals surface area contributed by atoms with Crippen molar-refractivity contribution in [2.75, 3.05) is 18.2 Å². The van der Waals surface area contributed by atoms with Crippen LogP contribution in [0.2, 0.25) is 0 Å². The van der Waals surface area contributed by atoms with Crippen LogP contribution in [-0.2, 0) is 0 Å². The van der Waals surface area contributed by atoms with Crippen LogP contribution >= 0.6 is 0 Å². The van der Waals surface area contributed by atoms with Crippen molar-refractivity contribution in [2.45, 2.75) is 38.6 Å². The van der Waals surface area contributed by atoms with Crippen molar-refractivity contribution < 1.29 is 4.74 Å². The molecule has 1 fully saturated rings. The second-order valence-corrected chi connectivity index (χ2v) is 4.57. The summed E-state index contributed by atoms with van der Waals surface area (Å²) in [5.41, 5.74) is 6.42. The van der Waals surface area contributed by atoms with Gasteiger partial charge >= 0.3 is 0 Å². The van der Waals surface area contributed by atoms with Crippen LogP contribution in [0.15, 0.2) is 6.33 Å². The summed E-state index contributed by atoms with van der Waals surface area (Å²) in [6, 6.07) is 0.435. The molecule has 0 amide bonds. The fourth-order valence-corrected chi connectivity index (χ4v) is 1.93. The predicted molar refractivity (Wildman–Crippen MR) is 68.0 cm³/mol. The molecule has 1 aromatic rings. The summed E-state index contributed by atoms with van der Waals surface area (Å²) < 4.78 is 5.08. The van der Waals surface area contributed by atoms with Gasteiger partial charge in [-0.25, -0.2) is 4.98 Å². The van der Waals surface area contributed by atoms with Gasteiger partial charge in [0, 0.05) is 6.04 Å². The second-order valence-electron chi connectivity index (χ2n) is 4.57. The van der Waals surface area contributed by atoms with E-state index in [1.807, 2.05) is 0 Å². The molecule has 94 valence electrons. The molecule has 0 spiro atoms. The third-order valence-corrected chi connectivity index (χ3v) is 3.19.